The molecule has 9 atom stereocenters. The van der Waals surface area contributed by atoms with E-state index in [-0.39, 0.29) is 43.5 Å². The van der Waals surface area contributed by atoms with E-state index in [2.05, 4.69) is 0 Å². The number of allylic oxidation sites excluding steroid dienone is 1. The predicted molar refractivity (Wildman–Crippen MR) is 95.9 cm³/mol. The van der Waals surface area contributed by atoms with Crippen LogP contribution in [0.15, 0.2) is 11.6 Å². The minimum atomic E-state index is -2.17. The summed E-state index contributed by atoms with van der Waals surface area (Å²) in [5.74, 6) is -3.77. The van der Waals surface area contributed by atoms with Crippen LogP contribution in [-0.4, -0.2) is 50.6 Å². The quantitative estimate of drug-likeness (QED) is 0.631. The minimum absolute atomic E-state index is 0.0925. The molecule has 0 aliphatic heterocycles. The van der Waals surface area contributed by atoms with Gasteiger partial charge in [-0.2, -0.15) is 0 Å². The summed E-state index contributed by atoms with van der Waals surface area (Å²) in [6.07, 6.45) is -1.84. The van der Waals surface area contributed by atoms with Gasteiger partial charge in [0.1, 0.15) is 11.8 Å². The zero-order chi connectivity index (χ0) is 20.9. The molecule has 156 valence electrons. The summed E-state index contributed by atoms with van der Waals surface area (Å²) in [4.78, 5) is 23.8. The molecule has 5 nitrogen and oxygen atoms in total. The van der Waals surface area contributed by atoms with Crippen LogP contribution in [0.2, 0.25) is 0 Å². The maximum Gasteiger partial charge on any atom is 0.336 e. The summed E-state index contributed by atoms with van der Waals surface area (Å²) in [5, 5.41) is 31.9. The van der Waals surface area contributed by atoms with Gasteiger partial charge in [0.15, 0.2) is 11.4 Å². The maximum absolute atomic E-state index is 16.8. The average molecular weight is 398 g/mol. The number of rotatable bonds is 1. The molecule has 2 unspecified atom stereocenters. The first kappa shape index (κ1) is 20.0. The lowest BCUT2D eigenvalue weighted by atomic mass is 9.43. The number of aliphatic hydroxyl groups is 2. The van der Waals surface area contributed by atoms with Gasteiger partial charge < -0.3 is 15.3 Å². The van der Waals surface area contributed by atoms with Gasteiger partial charge in [-0.05, 0) is 49.2 Å². The van der Waals surface area contributed by atoms with E-state index in [4.69, 9.17) is 0 Å². The molecule has 7 heteroatoms. The summed E-state index contributed by atoms with van der Waals surface area (Å²) in [6.45, 7) is 4.78. The van der Waals surface area contributed by atoms with E-state index in [0.29, 0.717) is 0 Å². The number of carboxylic acids is 1. The zero-order valence-corrected chi connectivity index (χ0v) is 16.4. The van der Waals surface area contributed by atoms with Crippen LogP contribution in [-0.2, 0) is 9.59 Å². The highest BCUT2D eigenvalue weighted by atomic mass is 19.1. The molecule has 3 saturated carbocycles. The molecule has 0 spiro atoms. The first-order valence-electron chi connectivity index (χ1n) is 10.1. The third kappa shape index (κ3) is 1.97. The average Bonchev–Trinajstić information content (AvgIpc) is 2.81. The summed E-state index contributed by atoms with van der Waals surface area (Å²) < 4.78 is 32.0. The standard InChI is InChI=1S/C21H28F2O5/c1-10-6-12-13-8-15(22)14-7-11(24)4-5-18(14,2)20(13,23)16(25)9-19(12,3)21(10,28)17(26)27/h7,10,12-13,15-16,25,28H,4-6,8-9H2,1-3H3,(H,26,27)/t10-,12?,13?,15+,16+,18+,19+,20+,21+/m1/s1. The number of fused-ring (bicyclic) bond motifs is 5. The number of aliphatic carboxylic acids is 1. The Morgan fingerprint density at radius 2 is 1.89 bits per heavy atom. The van der Waals surface area contributed by atoms with E-state index in [0.717, 1.165) is 0 Å². The van der Waals surface area contributed by atoms with Crippen LogP contribution in [0.4, 0.5) is 8.78 Å². The Bertz CT molecular complexity index is 783. The molecule has 3 N–H and O–H groups in total. The number of carbonyl (C=O) groups is 2. The lowest BCUT2D eigenvalue weighted by Crippen LogP contribution is -2.71. The number of halogens is 2. The van der Waals surface area contributed by atoms with Crippen LogP contribution in [0, 0.1) is 28.6 Å². The van der Waals surface area contributed by atoms with Crippen molar-refractivity contribution >= 4 is 11.8 Å². The van der Waals surface area contributed by atoms with Crippen molar-refractivity contribution in [2.45, 2.75) is 76.4 Å². The number of hydrogen-bond donors (Lipinski definition) is 3. The molecular weight excluding hydrogens is 370 g/mol. The Labute approximate surface area is 162 Å². The second-order valence-electron chi connectivity index (χ2n) is 9.93. The number of carbonyl (C=O) groups excluding carboxylic acids is 1. The summed E-state index contributed by atoms with van der Waals surface area (Å²) in [7, 11) is 0. The Kier molecular flexibility index (Phi) is 4.01. The van der Waals surface area contributed by atoms with Gasteiger partial charge in [0.05, 0.1) is 6.10 Å². The Morgan fingerprint density at radius 1 is 1.25 bits per heavy atom. The van der Waals surface area contributed by atoms with Crippen molar-refractivity contribution in [2.75, 3.05) is 0 Å². The predicted octanol–water partition coefficient (Wildman–Crippen LogP) is 2.59. The molecule has 4 rings (SSSR count). The Morgan fingerprint density at radius 3 is 2.50 bits per heavy atom. The first-order valence-corrected chi connectivity index (χ1v) is 10.1. The van der Waals surface area contributed by atoms with Gasteiger partial charge in [0.2, 0.25) is 0 Å². The van der Waals surface area contributed by atoms with Gasteiger partial charge >= 0.3 is 5.97 Å². The van der Waals surface area contributed by atoms with Crippen molar-refractivity contribution in [1.29, 1.82) is 0 Å². The first-order chi connectivity index (χ1) is 12.8. The molecule has 4 aliphatic rings. The van der Waals surface area contributed by atoms with Crippen molar-refractivity contribution in [1.82, 2.24) is 0 Å². The number of hydrogen-bond acceptors (Lipinski definition) is 4. The number of carboxylic acid groups (broad SMARTS) is 1. The third-order valence-electron chi connectivity index (χ3n) is 8.93. The molecule has 3 fully saturated rings. The smallest absolute Gasteiger partial charge is 0.336 e. The van der Waals surface area contributed by atoms with Crippen LogP contribution in [0.5, 0.6) is 0 Å². The lowest BCUT2D eigenvalue weighted by molar-refractivity contribution is -0.237. The van der Waals surface area contributed by atoms with Gasteiger partial charge in [-0.3, -0.25) is 4.79 Å². The van der Waals surface area contributed by atoms with Gasteiger partial charge in [-0.25, -0.2) is 13.6 Å². The highest BCUT2D eigenvalue weighted by molar-refractivity contribution is 5.92. The van der Waals surface area contributed by atoms with Gasteiger partial charge in [-0.1, -0.05) is 20.8 Å². The van der Waals surface area contributed by atoms with E-state index in [9.17, 15) is 24.9 Å². The molecule has 4 aliphatic carbocycles. The SMILES string of the molecule is C[C@@H]1CC2C3C[C@H](F)C4=CC(=O)CC[C@]4(C)[C@@]3(F)[C@@H](O)C[C@]2(C)[C@@]1(O)C(=O)O. The van der Waals surface area contributed by atoms with E-state index in [1.54, 1.807) is 20.8 Å². The van der Waals surface area contributed by atoms with Crippen molar-refractivity contribution in [3.63, 3.8) is 0 Å². The monoisotopic (exact) mass is 398 g/mol. The van der Waals surface area contributed by atoms with E-state index < -0.39 is 58.1 Å². The van der Waals surface area contributed by atoms with Gasteiger partial charge in [-0.15, -0.1) is 0 Å². The zero-order valence-electron chi connectivity index (χ0n) is 16.4. The van der Waals surface area contributed by atoms with Crippen LogP contribution in [0.3, 0.4) is 0 Å². The number of alkyl halides is 2. The number of aliphatic hydroxyl groups excluding tert-OH is 1. The van der Waals surface area contributed by atoms with Crippen LogP contribution >= 0.6 is 0 Å². The van der Waals surface area contributed by atoms with Crippen molar-refractivity contribution in [3.05, 3.63) is 11.6 Å². The summed E-state index contributed by atoms with van der Waals surface area (Å²) in [5.41, 5.74) is -6.75. The lowest BCUT2D eigenvalue weighted by Gasteiger charge is -2.63. The van der Waals surface area contributed by atoms with E-state index >= 15 is 8.78 Å². The van der Waals surface area contributed by atoms with E-state index in [1.807, 2.05) is 0 Å². The fourth-order valence-electron chi connectivity index (χ4n) is 7.35. The highest BCUT2D eigenvalue weighted by Crippen LogP contribution is 2.71. The molecule has 0 bridgehead atoms. The molecule has 0 radical (unpaired) electrons. The van der Waals surface area contributed by atoms with Crippen molar-refractivity contribution in [3.8, 4) is 0 Å². The fraction of sp³-hybridized carbons (Fsp3) is 0.810. The molecular formula is C21H28F2O5. The van der Waals surface area contributed by atoms with Crippen molar-refractivity contribution < 1.29 is 33.7 Å². The molecule has 0 aromatic heterocycles. The van der Waals surface area contributed by atoms with E-state index in [1.165, 1.54) is 6.08 Å². The molecule has 0 aromatic rings. The minimum Gasteiger partial charge on any atom is -0.479 e. The number of ketones is 1. The van der Waals surface area contributed by atoms with Gasteiger partial charge in [0.25, 0.3) is 0 Å². The second-order valence-corrected chi connectivity index (χ2v) is 9.93. The van der Waals surface area contributed by atoms with Crippen LogP contribution < -0.4 is 0 Å². The second kappa shape index (κ2) is 5.63. The third-order valence-corrected chi connectivity index (χ3v) is 8.93. The van der Waals surface area contributed by atoms with Crippen LogP contribution in [0.25, 0.3) is 0 Å². The van der Waals surface area contributed by atoms with Crippen molar-refractivity contribution in [2.24, 2.45) is 28.6 Å². The summed E-state index contributed by atoms with van der Waals surface area (Å²) >= 11 is 0. The molecule has 0 amide bonds. The van der Waals surface area contributed by atoms with Crippen LogP contribution in [0.1, 0.15) is 52.9 Å². The Hall–Kier alpha value is -1.34. The summed E-state index contributed by atoms with van der Waals surface area (Å²) in [6, 6.07) is 0. The highest BCUT2D eigenvalue weighted by Gasteiger charge is 2.77. The molecule has 0 aromatic carbocycles. The largest absolute Gasteiger partial charge is 0.479 e. The molecule has 0 heterocycles. The fourth-order valence-corrected chi connectivity index (χ4v) is 7.35. The molecule has 0 saturated heterocycles. The topological polar surface area (TPSA) is 94.8 Å². The maximum atomic E-state index is 16.8. The molecule has 28 heavy (non-hydrogen) atoms. The normalized spacial score (nSPS) is 55.8. The van der Waals surface area contributed by atoms with Gasteiger partial charge in [0, 0.05) is 23.2 Å². The Balaban J connectivity index is 1.87.